The molecule has 2 heterocycles. The molecule has 0 aromatic carbocycles. The van der Waals surface area contributed by atoms with Crippen LogP contribution >= 0.6 is 23.1 Å². The lowest BCUT2D eigenvalue weighted by Gasteiger charge is -2.05. The molecule has 0 atom stereocenters. The van der Waals surface area contributed by atoms with Crippen LogP contribution in [0.3, 0.4) is 0 Å². The molecule has 0 aliphatic carbocycles. The smallest absolute Gasteiger partial charge is 0.230 e. The molecule has 19 heavy (non-hydrogen) atoms. The van der Waals surface area contributed by atoms with Crippen LogP contribution in [-0.2, 0) is 11.3 Å². The topological polar surface area (TPSA) is 59.8 Å². The Labute approximate surface area is 119 Å². The molecule has 0 saturated carbocycles. The number of thiophene rings is 1. The van der Waals surface area contributed by atoms with Crippen molar-refractivity contribution in [3.8, 4) is 10.7 Å². The number of aromatic nitrogens is 3. The number of nitrogens with zero attached hydrogens (tertiary/aromatic N) is 3. The first-order valence-corrected chi connectivity index (χ1v) is 7.54. The molecule has 0 aliphatic rings. The van der Waals surface area contributed by atoms with E-state index in [4.69, 9.17) is 0 Å². The molecule has 2 aromatic heterocycles. The molecule has 0 fully saturated rings. The molecule has 2 rings (SSSR count). The van der Waals surface area contributed by atoms with E-state index in [0.29, 0.717) is 12.3 Å². The average molecular weight is 294 g/mol. The zero-order valence-electron chi connectivity index (χ0n) is 10.5. The molecule has 0 radical (unpaired) electrons. The summed E-state index contributed by atoms with van der Waals surface area (Å²) in [5.74, 6) is 1.11. The van der Waals surface area contributed by atoms with Gasteiger partial charge in [-0.1, -0.05) is 23.9 Å². The fourth-order valence-electron chi connectivity index (χ4n) is 1.48. The van der Waals surface area contributed by atoms with Gasteiger partial charge in [0.2, 0.25) is 5.91 Å². The minimum Gasteiger partial charge on any atom is -0.358 e. The zero-order valence-corrected chi connectivity index (χ0v) is 12.1. The number of thioether (sulfide) groups is 1. The quantitative estimate of drug-likeness (QED) is 0.654. The Morgan fingerprint density at radius 3 is 3.11 bits per heavy atom. The highest BCUT2D eigenvalue weighted by Gasteiger charge is 2.14. The normalized spacial score (nSPS) is 10.4. The van der Waals surface area contributed by atoms with Crippen LogP contribution in [0, 0.1) is 0 Å². The molecular weight excluding hydrogens is 280 g/mol. The second-order valence-corrected chi connectivity index (χ2v) is 5.53. The minimum absolute atomic E-state index is 0.0316. The van der Waals surface area contributed by atoms with E-state index in [1.165, 1.54) is 11.8 Å². The Balaban J connectivity index is 2.24. The maximum absolute atomic E-state index is 11.3. The monoisotopic (exact) mass is 294 g/mol. The van der Waals surface area contributed by atoms with E-state index in [9.17, 15) is 4.79 Å². The van der Waals surface area contributed by atoms with Gasteiger partial charge in [0.05, 0.1) is 10.6 Å². The molecule has 0 spiro atoms. The second kappa shape index (κ2) is 6.53. The van der Waals surface area contributed by atoms with Crippen molar-refractivity contribution in [2.75, 3.05) is 12.8 Å². The number of allylic oxidation sites excluding steroid dienone is 1. The summed E-state index contributed by atoms with van der Waals surface area (Å²) < 4.78 is 1.96. The molecular formula is C12H14N4OS2. The maximum Gasteiger partial charge on any atom is 0.230 e. The third kappa shape index (κ3) is 3.24. The zero-order chi connectivity index (χ0) is 13.7. The highest BCUT2D eigenvalue weighted by molar-refractivity contribution is 7.99. The summed E-state index contributed by atoms with van der Waals surface area (Å²) in [5.41, 5.74) is 0. The van der Waals surface area contributed by atoms with Gasteiger partial charge in [-0.05, 0) is 11.4 Å². The van der Waals surface area contributed by atoms with Crippen LogP contribution in [-0.4, -0.2) is 33.5 Å². The Hall–Kier alpha value is -1.60. The van der Waals surface area contributed by atoms with Crippen molar-refractivity contribution in [1.29, 1.82) is 0 Å². The van der Waals surface area contributed by atoms with Crippen LogP contribution in [0.15, 0.2) is 35.3 Å². The number of hydrogen-bond acceptors (Lipinski definition) is 5. The van der Waals surface area contributed by atoms with Crippen LogP contribution in [0.4, 0.5) is 0 Å². The Morgan fingerprint density at radius 1 is 1.63 bits per heavy atom. The van der Waals surface area contributed by atoms with Gasteiger partial charge in [-0.2, -0.15) is 0 Å². The molecule has 0 aliphatic heterocycles. The minimum atomic E-state index is -0.0316. The number of carbonyl (C=O) groups is 1. The van der Waals surface area contributed by atoms with Crippen LogP contribution in [0.2, 0.25) is 0 Å². The first-order chi connectivity index (χ1) is 9.26. The molecule has 5 nitrogen and oxygen atoms in total. The van der Waals surface area contributed by atoms with Gasteiger partial charge < -0.3 is 5.32 Å². The summed E-state index contributed by atoms with van der Waals surface area (Å²) in [4.78, 5) is 12.3. The lowest BCUT2D eigenvalue weighted by Crippen LogP contribution is -2.20. The summed E-state index contributed by atoms with van der Waals surface area (Å²) >= 11 is 2.98. The molecule has 100 valence electrons. The average Bonchev–Trinajstić information content (AvgIpc) is 3.05. The molecule has 1 N–H and O–H groups in total. The number of nitrogens with one attached hydrogen (secondary N) is 1. The van der Waals surface area contributed by atoms with E-state index < -0.39 is 0 Å². The summed E-state index contributed by atoms with van der Waals surface area (Å²) in [6.07, 6.45) is 1.80. The van der Waals surface area contributed by atoms with Crippen molar-refractivity contribution >= 4 is 29.0 Å². The van der Waals surface area contributed by atoms with Gasteiger partial charge in [0.15, 0.2) is 11.0 Å². The summed E-state index contributed by atoms with van der Waals surface area (Å²) in [6, 6.07) is 3.98. The van der Waals surface area contributed by atoms with Crippen molar-refractivity contribution in [3.63, 3.8) is 0 Å². The molecule has 0 unspecified atom stereocenters. The van der Waals surface area contributed by atoms with Crippen LogP contribution < -0.4 is 5.32 Å². The van der Waals surface area contributed by atoms with Crippen molar-refractivity contribution in [1.82, 2.24) is 20.1 Å². The number of carbonyl (C=O) groups excluding carboxylic acids is 1. The van der Waals surface area contributed by atoms with Crippen molar-refractivity contribution in [2.45, 2.75) is 11.7 Å². The van der Waals surface area contributed by atoms with E-state index in [2.05, 4.69) is 22.1 Å². The number of rotatable bonds is 6. The maximum atomic E-state index is 11.3. The first kappa shape index (κ1) is 13.8. The van der Waals surface area contributed by atoms with Crippen LogP contribution in [0.25, 0.3) is 10.7 Å². The number of amides is 1. The third-order valence-electron chi connectivity index (χ3n) is 2.38. The van der Waals surface area contributed by atoms with Crippen LogP contribution in [0.1, 0.15) is 0 Å². The third-order valence-corrected chi connectivity index (χ3v) is 4.21. The predicted molar refractivity (Wildman–Crippen MR) is 78.3 cm³/mol. The SMILES string of the molecule is C=CCn1c(SCC(=O)NC)nnc1-c1cccs1. The standard InChI is InChI=1S/C12H14N4OS2/c1-3-6-16-11(9-5-4-7-18-9)14-15-12(16)19-8-10(17)13-2/h3-5,7H,1,6,8H2,2H3,(H,13,17). The fraction of sp³-hybridized carbons (Fsp3) is 0.250. The Bertz CT molecular complexity index is 562. The Kier molecular flexibility index (Phi) is 4.75. The largest absolute Gasteiger partial charge is 0.358 e. The first-order valence-electron chi connectivity index (χ1n) is 5.67. The van der Waals surface area contributed by atoms with E-state index in [0.717, 1.165) is 15.9 Å². The van der Waals surface area contributed by atoms with E-state index in [1.54, 1.807) is 24.5 Å². The molecule has 0 saturated heterocycles. The fourth-order valence-corrected chi connectivity index (χ4v) is 3.02. The molecule has 0 bridgehead atoms. The highest BCUT2D eigenvalue weighted by atomic mass is 32.2. The summed E-state index contributed by atoms with van der Waals surface area (Å²) in [5, 5.41) is 13.7. The van der Waals surface area contributed by atoms with Crippen molar-refractivity contribution in [2.24, 2.45) is 0 Å². The van der Waals surface area contributed by atoms with Gasteiger partial charge in [0, 0.05) is 13.6 Å². The summed E-state index contributed by atoms with van der Waals surface area (Å²) in [6.45, 7) is 4.37. The molecule has 7 heteroatoms. The lowest BCUT2D eigenvalue weighted by molar-refractivity contribution is -0.118. The molecule has 1 amide bonds. The second-order valence-electron chi connectivity index (χ2n) is 3.64. The number of hydrogen-bond donors (Lipinski definition) is 1. The summed E-state index contributed by atoms with van der Waals surface area (Å²) in [7, 11) is 1.62. The van der Waals surface area contributed by atoms with E-state index in [-0.39, 0.29) is 5.91 Å². The van der Waals surface area contributed by atoms with Gasteiger partial charge in [-0.25, -0.2) is 0 Å². The van der Waals surface area contributed by atoms with Gasteiger partial charge in [0.1, 0.15) is 0 Å². The van der Waals surface area contributed by atoms with E-state index in [1.807, 2.05) is 22.1 Å². The van der Waals surface area contributed by atoms with Crippen molar-refractivity contribution < 1.29 is 4.79 Å². The van der Waals surface area contributed by atoms with Gasteiger partial charge in [-0.3, -0.25) is 9.36 Å². The molecule has 2 aromatic rings. The predicted octanol–water partition coefficient (Wildman–Crippen LogP) is 2.03. The van der Waals surface area contributed by atoms with Crippen LogP contribution in [0.5, 0.6) is 0 Å². The van der Waals surface area contributed by atoms with Crippen molar-refractivity contribution in [3.05, 3.63) is 30.2 Å². The Morgan fingerprint density at radius 2 is 2.47 bits per heavy atom. The van der Waals surface area contributed by atoms with Gasteiger partial charge in [-0.15, -0.1) is 28.1 Å². The van der Waals surface area contributed by atoms with E-state index >= 15 is 0 Å². The van der Waals surface area contributed by atoms with Gasteiger partial charge >= 0.3 is 0 Å². The van der Waals surface area contributed by atoms with Gasteiger partial charge in [0.25, 0.3) is 0 Å². The lowest BCUT2D eigenvalue weighted by atomic mass is 10.4. The highest BCUT2D eigenvalue weighted by Crippen LogP contribution is 2.27.